The molecule has 0 aliphatic carbocycles. The fourth-order valence-corrected chi connectivity index (χ4v) is 2.33. The van der Waals surface area contributed by atoms with Gasteiger partial charge in [0.1, 0.15) is 0 Å². The van der Waals surface area contributed by atoms with Gasteiger partial charge in [0, 0.05) is 25.2 Å². The van der Waals surface area contributed by atoms with E-state index in [0.717, 1.165) is 12.8 Å². The SMILES string of the molecule is CCC(CC)CN(CC)c1cc([N+](=O)[O-])ccc1C(=O)O. The summed E-state index contributed by atoms with van der Waals surface area (Å²) in [6, 6.07) is 3.90. The lowest BCUT2D eigenvalue weighted by atomic mass is 10.0. The van der Waals surface area contributed by atoms with Crippen LogP contribution in [-0.4, -0.2) is 29.1 Å². The molecule has 0 amide bonds. The summed E-state index contributed by atoms with van der Waals surface area (Å²) in [5.74, 6) is -0.631. The van der Waals surface area contributed by atoms with E-state index >= 15 is 0 Å². The summed E-state index contributed by atoms with van der Waals surface area (Å²) >= 11 is 0. The van der Waals surface area contributed by atoms with Crippen LogP contribution in [0.15, 0.2) is 18.2 Å². The van der Waals surface area contributed by atoms with E-state index in [1.165, 1.54) is 18.2 Å². The molecule has 0 saturated carbocycles. The van der Waals surface area contributed by atoms with Crippen LogP contribution < -0.4 is 4.90 Å². The first-order valence-corrected chi connectivity index (χ1v) is 7.21. The van der Waals surface area contributed by atoms with Crippen molar-refractivity contribution in [3.63, 3.8) is 0 Å². The number of rotatable bonds is 8. The Bertz CT molecular complexity index is 512. The normalized spacial score (nSPS) is 10.7. The fraction of sp³-hybridized carbons (Fsp3) is 0.533. The number of carbonyl (C=O) groups is 1. The Hall–Kier alpha value is -2.11. The highest BCUT2D eigenvalue weighted by molar-refractivity contribution is 5.95. The quantitative estimate of drug-likeness (QED) is 0.585. The van der Waals surface area contributed by atoms with Gasteiger partial charge >= 0.3 is 5.97 Å². The molecule has 0 heterocycles. The number of non-ortho nitro benzene ring substituents is 1. The molecule has 1 aromatic carbocycles. The van der Waals surface area contributed by atoms with Gasteiger partial charge < -0.3 is 10.0 Å². The predicted molar refractivity (Wildman–Crippen MR) is 82.0 cm³/mol. The molecule has 0 fully saturated rings. The number of benzene rings is 1. The van der Waals surface area contributed by atoms with Crippen LogP contribution in [0.1, 0.15) is 44.0 Å². The Morgan fingerprint density at radius 1 is 1.33 bits per heavy atom. The van der Waals surface area contributed by atoms with Crippen LogP contribution in [-0.2, 0) is 0 Å². The van der Waals surface area contributed by atoms with Gasteiger partial charge in [-0.05, 0) is 18.9 Å². The van der Waals surface area contributed by atoms with Crippen LogP contribution in [0.5, 0.6) is 0 Å². The third-order valence-electron chi connectivity index (χ3n) is 3.78. The van der Waals surface area contributed by atoms with Crippen molar-refractivity contribution < 1.29 is 14.8 Å². The molecule has 0 saturated heterocycles. The molecule has 1 rings (SSSR count). The topological polar surface area (TPSA) is 83.7 Å². The van der Waals surface area contributed by atoms with E-state index in [0.29, 0.717) is 24.7 Å². The van der Waals surface area contributed by atoms with E-state index in [-0.39, 0.29) is 11.3 Å². The number of anilines is 1. The minimum Gasteiger partial charge on any atom is -0.478 e. The summed E-state index contributed by atoms with van der Waals surface area (Å²) in [7, 11) is 0. The fourth-order valence-electron chi connectivity index (χ4n) is 2.33. The molecule has 6 heteroatoms. The number of nitro benzene ring substituents is 1. The lowest BCUT2D eigenvalue weighted by molar-refractivity contribution is -0.384. The third kappa shape index (κ3) is 4.18. The van der Waals surface area contributed by atoms with E-state index in [4.69, 9.17) is 0 Å². The maximum atomic E-state index is 11.4. The number of hydrogen-bond donors (Lipinski definition) is 1. The van der Waals surface area contributed by atoms with Gasteiger partial charge in [0.25, 0.3) is 5.69 Å². The maximum Gasteiger partial charge on any atom is 0.337 e. The zero-order chi connectivity index (χ0) is 16.0. The van der Waals surface area contributed by atoms with Crippen molar-refractivity contribution in [2.75, 3.05) is 18.0 Å². The van der Waals surface area contributed by atoms with Crippen molar-refractivity contribution >= 4 is 17.3 Å². The molecular weight excluding hydrogens is 272 g/mol. The highest BCUT2D eigenvalue weighted by Gasteiger charge is 2.20. The predicted octanol–water partition coefficient (Wildman–Crippen LogP) is 3.56. The highest BCUT2D eigenvalue weighted by Crippen LogP contribution is 2.27. The molecule has 0 spiro atoms. The zero-order valence-electron chi connectivity index (χ0n) is 12.7. The Morgan fingerprint density at radius 3 is 2.38 bits per heavy atom. The smallest absolute Gasteiger partial charge is 0.337 e. The zero-order valence-corrected chi connectivity index (χ0v) is 12.7. The monoisotopic (exact) mass is 294 g/mol. The molecule has 0 bridgehead atoms. The Kier molecular flexibility index (Phi) is 6.14. The van der Waals surface area contributed by atoms with E-state index in [1.807, 2.05) is 11.8 Å². The van der Waals surface area contributed by atoms with Gasteiger partial charge in [-0.1, -0.05) is 26.7 Å². The second-order valence-electron chi connectivity index (χ2n) is 4.98. The molecule has 1 aromatic rings. The van der Waals surface area contributed by atoms with Crippen molar-refractivity contribution in [3.8, 4) is 0 Å². The van der Waals surface area contributed by atoms with Gasteiger partial charge in [-0.25, -0.2) is 4.79 Å². The summed E-state index contributed by atoms with van der Waals surface area (Å²) in [6.07, 6.45) is 1.98. The van der Waals surface area contributed by atoms with Crippen molar-refractivity contribution in [3.05, 3.63) is 33.9 Å². The van der Waals surface area contributed by atoms with Crippen LogP contribution >= 0.6 is 0 Å². The average molecular weight is 294 g/mol. The molecule has 1 N–H and O–H groups in total. The van der Waals surface area contributed by atoms with Gasteiger partial charge in [0.15, 0.2) is 0 Å². The average Bonchev–Trinajstić information content (AvgIpc) is 2.48. The Morgan fingerprint density at radius 2 is 1.95 bits per heavy atom. The molecule has 6 nitrogen and oxygen atoms in total. The lowest BCUT2D eigenvalue weighted by Gasteiger charge is -2.28. The van der Waals surface area contributed by atoms with Crippen LogP contribution in [0.2, 0.25) is 0 Å². The van der Waals surface area contributed by atoms with Crippen molar-refractivity contribution in [1.82, 2.24) is 0 Å². The van der Waals surface area contributed by atoms with Crippen molar-refractivity contribution in [2.24, 2.45) is 5.92 Å². The largest absolute Gasteiger partial charge is 0.478 e. The summed E-state index contributed by atoms with van der Waals surface area (Å²) in [6.45, 7) is 7.41. The van der Waals surface area contributed by atoms with Gasteiger partial charge in [0.05, 0.1) is 16.2 Å². The molecule has 0 atom stereocenters. The van der Waals surface area contributed by atoms with E-state index < -0.39 is 10.9 Å². The van der Waals surface area contributed by atoms with Gasteiger partial charge in [-0.2, -0.15) is 0 Å². The van der Waals surface area contributed by atoms with E-state index in [9.17, 15) is 20.0 Å². The summed E-state index contributed by atoms with van der Waals surface area (Å²) in [4.78, 5) is 23.7. The molecule has 0 aromatic heterocycles. The van der Waals surface area contributed by atoms with Gasteiger partial charge in [0.2, 0.25) is 0 Å². The Labute approximate surface area is 124 Å². The summed E-state index contributed by atoms with van der Waals surface area (Å²) in [5, 5.41) is 20.2. The van der Waals surface area contributed by atoms with Crippen LogP contribution in [0.4, 0.5) is 11.4 Å². The lowest BCUT2D eigenvalue weighted by Crippen LogP contribution is -2.30. The minimum atomic E-state index is -1.07. The summed E-state index contributed by atoms with van der Waals surface area (Å²) in [5.41, 5.74) is 0.442. The van der Waals surface area contributed by atoms with Crippen LogP contribution in [0, 0.1) is 16.0 Å². The maximum absolute atomic E-state index is 11.4. The number of nitrogens with zero attached hydrogens (tertiary/aromatic N) is 2. The molecular formula is C15H22N2O4. The molecule has 0 aliphatic rings. The van der Waals surface area contributed by atoms with Crippen molar-refractivity contribution in [2.45, 2.75) is 33.6 Å². The first kappa shape index (κ1) is 16.9. The molecule has 0 radical (unpaired) electrons. The van der Waals surface area contributed by atoms with E-state index in [2.05, 4.69) is 13.8 Å². The first-order valence-electron chi connectivity index (χ1n) is 7.21. The number of hydrogen-bond acceptors (Lipinski definition) is 4. The summed E-state index contributed by atoms with van der Waals surface area (Å²) < 4.78 is 0. The first-order chi connectivity index (χ1) is 9.94. The second kappa shape index (κ2) is 7.61. The molecule has 21 heavy (non-hydrogen) atoms. The third-order valence-corrected chi connectivity index (χ3v) is 3.78. The number of carboxylic acids is 1. The molecule has 116 valence electrons. The van der Waals surface area contributed by atoms with Crippen LogP contribution in [0.25, 0.3) is 0 Å². The molecule has 0 aliphatic heterocycles. The minimum absolute atomic E-state index is 0.0852. The Balaban J connectivity index is 3.24. The van der Waals surface area contributed by atoms with Crippen LogP contribution in [0.3, 0.4) is 0 Å². The van der Waals surface area contributed by atoms with Gasteiger partial charge in [-0.3, -0.25) is 10.1 Å². The standard InChI is InChI=1S/C15H22N2O4/c1-4-11(5-2)10-16(6-3)14-9-12(17(20)21)7-8-13(14)15(18)19/h7-9,11H,4-6,10H2,1-3H3,(H,18,19). The van der Waals surface area contributed by atoms with E-state index in [1.54, 1.807) is 0 Å². The second-order valence-corrected chi connectivity index (χ2v) is 4.98. The number of nitro groups is 1. The molecule has 0 unspecified atom stereocenters. The van der Waals surface area contributed by atoms with Crippen molar-refractivity contribution in [1.29, 1.82) is 0 Å². The van der Waals surface area contributed by atoms with Gasteiger partial charge in [-0.15, -0.1) is 0 Å². The number of aromatic carboxylic acids is 1. The highest BCUT2D eigenvalue weighted by atomic mass is 16.6. The number of carboxylic acid groups (broad SMARTS) is 1.